The Kier molecular flexibility index (Phi) is 6.58. The molecule has 1 saturated carbocycles. The maximum Gasteiger partial charge on any atom is 0.272 e. The third kappa shape index (κ3) is 4.54. The number of carbonyl (C=O) groups is 3. The van der Waals surface area contributed by atoms with Crippen molar-refractivity contribution in [2.75, 3.05) is 19.6 Å². The molecule has 1 saturated heterocycles. The monoisotopic (exact) mass is 437 g/mol. The summed E-state index contributed by atoms with van der Waals surface area (Å²) in [5.41, 5.74) is 1.59. The van der Waals surface area contributed by atoms with Crippen molar-refractivity contribution in [3.8, 4) is 0 Å². The molecule has 1 aromatic carbocycles. The van der Waals surface area contributed by atoms with Crippen molar-refractivity contribution < 1.29 is 14.4 Å². The average Bonchev–Trinajstić information content (AvgIpc) is 3.40. The highest BCUT2D eigenvalue weighted by molar-refractivity contribution is 5.95. The molecular weight excluding hydrogens is 406 g/mol. The van der Waals surface area contributed by atoms with Crippen LogP contribution in [0.25, 0.3) is 0 Å². The lowest BCUT2D eigenvalue weighted by Crippen LogP contribution is -2.40. The normalized spacial score (nSPS) is 22.8. The molecule has 170 valence electrons. The lowest BCUT2D eigenvalue weighted by Gasteiger charge is -2.25. The first-order chi connectivity index (χ1) is 15.5. The molecule has 8 nitrogen and oxygen atoms in total. The molecule has 2 aliphatic rings. The summed E-state index contributed by atoms with van der Waals surface area (Å²) >= 11 is 0. The van der Waals surface area contributed by atoms with Gasteiger partial charge in [-0.05, 0) is 44.2 Å². The minimum Gasteiger partial charge on any atom is -0.351 e. The molecule has 0 spiro atoms. The van der Waals surface area contributed by atoms with E-state index in [1.165, 1.54) is 0 Å². The largest absolute Gasteiger partial charge is 0.351 e. The van der Waals surface area contributed by atoms with Crippen LogP contribution in [-0.4, -0.2) is 63.0 Å². The molecule has 8 heteroatoms. The Morgan fingerprint density at radius 2 is 1.94 bits per heavy atom. The van der Waals surface area contributed by atoms with Crippen LogP contribution in [0, 0.1) is 11.8 Å². The van der Waals surface area contributed by atoms with E-state index in [1.807, 2.05) is 49.1 Å². The lowest BCUT2D eigenvalue weighted by molar-refractivity contribution is -0.136. The molecule has 3 amide bonds. The van der Waals surface area contributed by atoms with Crippen molar-refractivity contribution in [3.05, 3.63) is 53.9 Å². The summed E-state index contributed by atoms with van der Waals surface area (Å²) < 4.78 is 1.65. The highest BCUT2D eigenvalue weighted by atomic mass is 16.2. The predicted octanol–water partition coefficient (Wildman–Crippen LogP) is 1.92. The number of fused-ring (bicyclic) bond motifs is 1. The fourth-order valence-corrected chi connectivity index (χ4v) is 4.97. The number of aromatic nitrogens is 2. The fourth-order valence-electron chi connectivity index (χ4n) is 4.97. The van der Waals surface area contributed by atoms with Crippen LogP contribution in [0.3, 0.4) is 0 Å². The topological polar surface area (TPSA) is 87.5 Å². The summed E-state index contributed by atoms with van der Waals surface area (Å²) in [5, 5.41) is 7.24. The maximum atomic E-state index is 13.3. The van der Waals surface area contributed by atoms with Gasteiger partial charge in [0.2, 0.25) is 11.8 Å². The van der Waals surface area contributed by atoms with E-state index in [9.17, 15) is 14.4 Å². The number of nitrogens with one attached hydrogen (secondary N) is 1. The number of carbonyl (C=O) groups excluding carboxylic acids is 3. The fraction of sp³-hybridized carbons (Fsp3) is 0.500. The maximum absolute atomic E-state index is 13.3. The minimum absolute atomic E-state index is 0.0361. The van der Waals surface area contributed by atoms with Gasteiger partial charge < -0.3 is 15.1 Å². The average molecular weight is 438 g/mol. The minimum atomic E-state index is -0.186. The van der Waals surface area contributed by atoms with E-state index in [2.05, 4.69) is 10.4 Å². The number of nitrogens with zero attached hydrogens (tertiary/aromatic N) is 4. The lowest BCUT2D eigenvalue weighted by atomic mass is 10.0. The van der Waals surface area contributed by atoms with E-state index in [4.69, 9.17) is 0 Å². The molecule has 0 unspecified atom stereocenters. The van der Waals surface area contributed by atoms with Gasteiger partial charge in [-0.25, -0.2) is 0 Å². The van der Waals surface area contributed by atoms with E-state index in [-0.39, 0.29) is 42.1 Å². The molecule has 3 atom stereocenters. The summed E-state index contributed by atoms with van der Waals surface area (Å²) in [6, 6.07) is 11.6. The Balaban J connectivity index is 1.45. The molecular formula is C24H31N5O3. The summed E-state index contributed by atoms with van der Waals surface area (Å²) in [4.78, 5) is 42.5. The van der Waals surface area contributed by atoms with Gasteiger partial charge in [0.05, 0.1) is 6.54 Å². The number of hydrogen-bond donors (Lipinski definition) is 1. The molecule has 1 aliphatic carbocycles. The van der Waals surface area contributed by atoms with Gasteiger partial charge >= 0.3 is 0 Å². The van der Waals surface area contributed by atoms with E-state index >= 15 is 0 Å². The van der Waals surface area contributed by atoms with Gasteiger partial charge in [0, 0.05) is 44.3 Å². The Morgan fingerprint density at radius 1 is 1.16 bits per heavy atom. The number of hydrogen-bond acceptors (Lipinski definition) is 4. The zero-order chi connectivity index (χ0) is 22.7. The van der Waals surface area contributed by atoms with E-state index in [0.29, 0.717) is 44.7 Å². The van der Waals surface area contributed by atoms with E-state index < -0.39 is 0 Å². The second-order valence-electron chi connectivity index (χ2n) is 8.66. The van der Waals surface area contributed by atoms with E-state index in [0.717, 1.165) is 5.56 Å². The van der Waals surface area contributed by atoms with E-state index in [1.54, 1.807) is 21.8 Å². The summed E-state index contributed by atoms with van der Waals surface area (Å²) in [7, 11) is 0. The van der Waals surface area contributed by atoms with Crippen molar-refractivity contribution in [2.45, 2.75) is 45.8 Å². The Bertz CT molecular complexity index is 973. The standard InChI is InChI=1S/C24H31N5O3/c1-3-27(14-17-8-6-5-7-9-17)23(31)18-12-19-15-28(16-22(30)26-20(19)13-18)24(32)21-10-11-25-29(21)4-2/h5-11,18-20H,3-4,12-16H2,1-2H3,(H,26,30)/t18-,19+,20+/m0/s1. The smallest absolute Gasteiger partial charge is 0.272 e. The van der Waals surface area contributed by atoms with Crippen LogP contribution in [-0.2, 0) is 22.7 Å². The first-order valence-corrected chi connectivity index (χ1v) is 11.4. The van der Waals surface area contributed by atoms with Gasteiger partial charge in [0.25, 0.3) is 5.91 Å². The highest BCUT2D eigenvalue weighted by Crippen LogP contribution is 2.35. The van der Waals surface area contributed by atoms with Crippen LogP contribution in [0.5, 0.6) is 0 Å². The number of benzene rings is 1. The molecule has 0 radical (unpaired) electrons. The Morgan fingerprint density at radius 3 is 2.66 bits per heavy atom. The third-order valence-corrected chi connectivity index (χ3v) is 6.61. The van der Waals surface area contributed by atoms with Gasteiger partial charge in [0.1, 0.15) is 5.69 Å². The second-order valence-corrected chi connectivity index (χ2v) is 8.66. The summed E-state index contributed by atoms with van der Waals surface area (Å²) in [6.45, 7) is 6.23. The zero-order valence-electron chi connectivity index (χ0n) is 18.7. The van der Waals surface area contributed by atoms with Gasteiger partial charge in [-0.2, -0.15) is 5.10 Å². The Hall–Kier alpha value is -3.16. The highest BCUT2D eigenvalue weighted by Gasteiger charge is 2.43. The quantitative estimate of drug-likeness (QED) is 0.748. The molecule has 2 heterocycles. The van der Waals surface area contributed by atoms with Crippen LogP contribution < -0.4 is 5.32 Å². The van der Waals surface area contributed by atoms with Crippen LogP contribution >= 0.6 is 0 Å². The SMILES string of the molecule is CCN(Cc1ccccc1)C(=O)[C@H]1C[C@@H]2CN(C(=O)c3ccnn3CC)CC(=O)N[C@@H]2C1. The molecule has 1 aromatic heterocycles. The van der Waals surface area contributed by atoms with Crippen LogP contribution in [0.1, 0.15) is 42.7 Å². The third-order valence-electron chi connectivity index (χ3n) is 6.61. The van der Waals surface area contributed by atoms with Gasteiger partial charge in [-0.1, -0.05) is 30.3 Å². The molecule has 4 rings (SSSR count). The van der Waals surface area contributed by atoms with Crippen molar-refractivity contribution in [1.29, 1.82) is 0 Å². The second kappa shape index (κ2) is 9.54. The van der Waals surface area contributed by atoms with Crippen LogP contribution in [0.4, 0.5) is 0 Å². The molecule has 1 aliphatic heterocycles. The first kappa shape index (κ1) is 22.0. The summed E-state index contributed by atoms with van der Waals surface area (Å²) in [5.74, 6) is -0.314. The number of amides is 3. The zero-order valence-corrected chi connectivity index (χ0v) is 18.7. The van der Waals surface area contributed by atoms with Crippen molar-refractivity contribution in [1.82, 2.24) is 24.9 Å². The van der Waals surface area contributed by atoms with Crippen molar-refractivity contribution in [3.63, 3.8) is 0 Å². The van der Waals surface area contributed by atoms with Crippen molar-refractivity contribution in [2.24, 2.45) is 11.8 Å². The molecule has 1 N–H and O–H groups in total. The number of aryl methyl sites for hydroxylation is 1. The number of rotatable bonds is 6. The summed E-state index contributed by atoms with van der Waals surface area (Å²) in [6.07, 6.45) is 2.90. The van der Waals surface area contributed by atoms with Crippen LogP contribution in [0.15, 0.2) is 42.6 Å². The van der Waals surface area contributed by atoms with Gasteiger partial charge in [-0.3, -0.25) is 19.1 Å². The van der Waals surface area contributed by atoms with Gasteiger partial charge in [-0.15, -0.1) is 0 Å². The first-order valence-electron chi connectivity index (χ1n) is 11.4. The van der Waals surface area contributed by atoms with Gasteiger partial charge in [0.15, 0.2) is 0 Å². The molecule has 32 heavy (non-hydrogen) atoms. The molecule has 0 bridgehead atoms. The molecule has 2 fully saturated rings. The Labute approximate surface area is 188 Å². The van der Waals surface area contributed by atoms with Crippen LogP contribution in [0.2, 0.25) is 0 Å². The molecule has 2 aromatic rings. The predicted molar refractivity (Wildman–Crippen MR) is 119 cm³/mol. The van der Waals surface area contributed by atoms with Crippen molar-refractivity contribution >= 4 is 17.7 Å².